The molecule has 0 spiro atoms. The van der Waals surface area contributed by atoms with E-state index in [4.69, 9.17) is 9.47 Å². The highest BCUT2D eigenvalue weighted by Crippen LogP contribution is 2.21. The fourth-order valence-electron chi connectivity index (χ4n) is 5.86. The molecule has 20 heteroatoms. The van der Waals surface area contributed by atoms with Crippen LogP contribution in [0.25, 0.3) is 0 Å². The molecule has 4 unspecified atom stereocenters. The van der Waals surface area contributed by atoms with Gasteiger partial charge in [-0.15, -0.1) is 0 Å². The highest BCUT2D eigenvalue weighted by Gasteiger charge is 2.35. The first-order valence-corrected chi connectivity index (χ1v) is 24.1. The van der Waals surface area contributed by atoms with E-state index >= 15 is 0 Å². The number of carbonyl (C=O) groups excluding carboxylic acids is 6. The average Bonchev–Trinajstić information content (AvgIpc) is 3.98. The number of quaternary nitrogens is 1. The zero-order valence-electron chi connectivity index (χ0n) is 41.5. The summed E-state index contributed by atoms with van der Waals surface area (Å²) in [5.41, 5.74) is 2.55. The van der Waals surface area contributed by atoms with Crippen molar-refractivity contribution in [2.75, 3.05) is 0 Å². The van der Waals surface area contributed by atoms with Crippen LogP contribution in [0.1, 0.15) is 178 Å². The smallest absolute Gasteiger partial charge is 0.407 e. The summed E-state index contributed by atoms with van der Waals surface area (Å²) in [4.78, 5) is 69.6. The van der Waals surface area contributed by atoms with Gasteiger partial charge in [-0.1, -0.05) is 59.8 Å². The second-order valence-corrected chi connectivity index (χ2v) is 19.8. The molecule has 66 heavy (non-hydrogen) atoms. The molecule has 0 heterocycles. The third-order valence-electron chi connectivity index (χ3n) is 10.1. The number of nitrogens with one attached hydrogen (secondary N) is 6. The lowest BCUT2D eigenvalue weighted by Crippen LogP contribution is -3.00. The number of carbonyl (C=O) groups is 6. The van der Waals surface area contributed by atoms with Crippen LogP contribution in [0, 0.1) is 0 Å². The van der Waals surface area contributed by atoms with Crippen LogP contribution in [-0.4, -0.2) is 134 Å². The van der Waals surface area contributed by atoms with E-state index < -0.39 is 71.7 Å². The normalized spacial score (nSPS) is 18.5. The topological polar surface area (TPSA) is 302 Å². The third kappa shape index (κ3) is 30.7. The molecule has 0 aromatic heterocycles. The second-order valence-electron chi connectivity index (χ2n) is 19.8. The molecule has 4 saturated carbocycles. The maximum Gasteiger partial charge on any atom is 0.407 e. The number of ether oxygens (including phenoxy) is 2. The van der Waals surface area contributed by atoms with E-state index in [1.54, 1.807) is 41.5 Å². The minimum atomic E-state index is -1.25. The van der Waals surface area contributed by atoms with Gasteiger partial charge in [-0.25, -0.2) is 9.59 Å². The summed E-state index contributed by atoms with van der Waals surface area (Å²) >= 11 is 0. The quantitative estimate of drug-likeness (QED) is 0.0655. The lowest BCUT2D eigenvalue weighted by atomic mass is 10.1. The summed E-state index contributed by atoms with van der Waals surface area (Å²) in [6.45, 7) is 18.5. The summed E-state index contributed by atoms with van der Waals surface area (Å²) in [5, 5.41) is 55.1. The number of aliphatic hydroxyl groups excluding tert-OH is 4. The van der Waals surface area contributed by atoms with E-state index in [1.165, 1.54) is 0 Å². The summed E-state index contributed by atoms with van der Waals surface area (Å²) in [7, 11) is 0. The molecule has 6 amide bonds. The van der Waals surface area contributed by atoms with Crippen molar-refractivity contribution in [3.05, 3.63) is 0 Å². The van der Waals surface area contributed by atoms with Gasteiger partial charge >= 0.3 is 12.2 Å². The van der Waals surface area contributed by atoms with Gasteiger partial charge < -0.3 is 79.9 Å². The molecule has 4 aliphatic carbocycles. The highest BCUT2D eigenvalue weighted by molar-refractivity contribution is 5.84. The minimum Gasteiger partial charge on any atom is -1.00 e. The molecule has 0 aliphatic heterocycles. The summed E-state index contributed by atoms with van der Waals surface area (Å²) in [6, 6.07) is -0.405. The molecule has 0 saturated heterocycles. The van der Waals surface area contributed by atoms with Crippen LogP contribution in [0.15, 0.2) is 0 Å². The molecule has 19 nitrogen and oxygen atoms in total. The van der Waals surface area contributed by atoms with E-state index in [1.807, 2.05) is 27.7 Å². The minimum absolute atomic E-state index is 0. The Balaban J connectivity index is 0.000000869. The van der Waals surface area contributed by atoms with E-state index in [2.05, 4.69) is 37.6 Å². The first-order valence-electron chi connectivity index (χ1n) is 24.1. The number of hydrogen-bond acceptors (Lipinski definition) is 12. The fraction of sp³-hybridized carbons (Fsp3) is 0.870. The van der Waals surface area contributed by atoms with Gasteiger partial charge in [0, 0.05) is 30.6 Å². The molecule has 4 fully saturated rings. The van der Waals surface area contributed by atoms with Gasteiger partial charge in [0.15, 0.2) is 18.3 Å². The van der Waals surface area contributed by atoms with Crippen molar-refractivity contribution < 1.29 is 76.8 Å². The second kappa shape index (κ2) is 31.5. The Morgan fingerprint density at radius 1 is 0.500 bits per heavy atom. The first kappa shape index (κ1) is 62.5. The van der Waals surface area contributed by atoms with Gasteiger partial charge in [0.2, 0.25) is 5.91 Å². The molecule has 386 valence electrons. The van der Waals surface area contributed by atoms with Crippen molar-refractivity contribution in [3.63, 3.8) is 0 Å². The average molecular weight is 967 g/mol. The summed E-state index contributed by atoms with van der Waals surface area (Å²) in [5.74, 6) is -1.30. The molecular weight excluding hydrogens is 878 g/mol. The zero-order valence-corrected chi connectivity index (χ0v) is 42.3. The molecule has 7 atom stereocenters. The predicted octanol–water partition coefficient (Wildman–Crippen LogP) is -0.505. The molecule has 0 bridgehead atoms. The Morgan fingerprint density at radius 3 is 1.08 bits per heavy atom. The number of halogens is 1. The first-order chi connectivity index (χ1) is 30.3. The lowest BCUT2D eigenvalue weighted by Gasteiger charge is -2.26. The number of alkyl carbamates (subject to hydrolysis) is 2. The molecule has 0 radical (unpaired) electrons. The van der Waals surface area contributed by atoms with E-state index in [9.17, 15) is 49.2 Å². The maximum absolute atomic E-state index is 11.8. The lowest BCUT2D eigenvalue weighted by molar-refractivity contribution is -0.434. The number of rotatable bonds is 22. The van der Waals surface area contributed by atoms with Crippen molar-refractivity contribution in [2.24, 2.45) is 0 Å². The van der Waals surface area contributed by atoms with E-state index in [0.29, 0.717) is 31.3 Å². The van der Waals surface area contributed by atoms with Gasteiger partial charge in [-0.3, -0.25) is 19.2 Å². The third-order valence-corrected chi connectivity index (χ3v) is 10.1. The Kier molecular flexibility index (Phi) is 29.9. The zero-order chi connectivity index (χ0) is 49.5. The maximum atomic E-state index is 11.8. The van der Waals surface area contributed by atoms with Gasteiger partial charge in [0.25, 0.3) is 17.7 Å². The van der Waals surface area contributed by atoms with Crippen molar-refractivity contribution >= 4 is 35.8 Å². The standard InChI is InChI=1S/2C14H26N2O4.C9H18N2O2.C9H17NO2.ClH/c2*1-5-6-10(16-13(19)20-14(2,3)4)11(17)12(18)15-9-7-8-9;1-2-3-7(10)8(12)9(13)11-6-4-5-6;1-2-3-4-8(11)9(12)10-7-5-6-7;/h2*9-11,17H,5-8H2,1-4H3,(H,15,18)(H,16,19);6-8,12H,2-5,10H2,1H3,(H,11,13);7-8,11H,2-6H2,1H3,(H,10,12);1H/t2*10-,11?;7-,8?;;/m000../s1. The van der Waals surface area contributed by atoms with Crippen molar-refractivity contribution in [1.82, 2.24) is 31.9 Å². The number of hydrogen-bond donors (Lipinski definition) is 11. The number of unbranched alkanes of at least 4 members (excludes halogenated alkanes) is 1. The van der Waals surface area contributed by atoms with Crippen LogP contribution in [0.5, 0.6) is 0 Å². The van der Waals surface area contributed by atoms with Crippen LogP contribution in [-0.2, 0) is 28.7 Å². The van der Waals surface area contributed by atoms with Gasteiger partial charge in [-0.05, 0) is 112 Å². The molecule has 0 aromatic carbocycles. The summed E-state index contributed by atoms with van der Waals surface area (Å²) in [6.07, 6.45) is 9.41. The van der Waals surface area contributed by atoms with E-state index in [-0.39, 0.29) is 42.3 Å². The molecule has 0 aromatic rings. The van der Waals surface area contributed by atoms with Gasteiger partial charge in [-0.2, -0.15) is 0 Å². The van der Waals surface area contributed by atoms with Crippen molar-refractivity contribution in [3.8, 4) is 0 Å². The van der Waals surface area contributed by atoms with Crippen LogP contribution in [0.3, 0.4) is 0 Å². The molecular formula is C46H88ClN7O12. The fourth-order valence-corrected chi connectivity index (χ4v) is 5.86. The van der Waals surface area contributed by atoms with Gasteiger partial charge in [0.1, 0.15) is 23.3 Å². The Morgan fingerprint density at radius 2 is 0.803 bits per heavy atom. The summed E-state index contributed by atoms with van der Waals surface area (Å²) < 4.78 is 10.3. The van der Waals surface area contributed by atoms with Crippen LogP contribution >= 0.6 is 0 Å². The van der Waals surface area contributed by atoms with Crippen LogP contribution < -0.4 is 50.0 Å². The van der Waals surface area contributed by atoms with Crippen molar-refractivity contribution in [1.29, 1.82) is 0 Å². The Hall–Kier alpha value is -3.49. The monoisotopic (exact) mass is 966 g/mol. The number of aliphatic hydroxyl groups is 4. The number of amides is 6. The molecule has 4 rings (SSSR count). The Bertz CT molecular complexity index is 1380. The molecule has 4 aliphatic rings. The van der Waals surface area contributed by atoms with Gasteiger partial charge in [0.05, 0.1) is 12.1 Å². The SMILES string of the molecule is CCCCC(O)C(=O)NC1CC1.CCC[C@H](NC(=O)OC(C)(C)C)C(O)C(=O)NC1CC1.CCC[C@H](NC(=O)OC(C)(C)C)C(O)C(=O)NC1CC1.CCC[C@H]([NH3+])C(O)C(=O)NC1CC1.[Cl-]. The molecule has 13 N–H and O–H groups in total. The van der Waals surface area contributed by atoms with E-state index in [0.717, 1.165) is 89.9 Å². The van der Waals surface area contributed by atoms with Crippen LogP contribution in [0.2, 0.25) is 0 Å². The Labute approximate surface area is 399 Å². The predicted molar refractivity (Wildman–Crippen MR) is 246 cm³/mol. The van der Waals surface area contributed by atoms with Crippen LogP contribution in [0.4, 0.5) is 9.59 Å². The van der Waals surface area contributed by atoms with Crippen molar-refractivity contribution in [2.45, 2.75) is 256 Å². The largest absolute Gasteiger partial charge is 1.00 e. The highest BCUT2D eigenvalue weighted by atomic mass is 35.5.